The van der Waals surface area contributed by atoms with Gasteiger partial charge < -0.3 is 10.1 Å². The number of esters is 1. The van der Waals surface area contributed by atoms with Gasteiger partial charge in [0.15, 0.2) is 0 Å². The first-order valence-electron chi connectivity index (χ1n) is 9.94. The third kappa shape index (κ3) is 9.49. The molecule has 0 fully saturated rings. The molecule has 1 aromatic rings. The summed E-state index contributed by atoms with van der Waals surface area (Å²) in [5.41, 5.74) is 1.67. The van der Waals surface area contributed by atoms with Crippen molar-refractivity contribution in [3.63, 3.8) is 0 Å². The molecule has 25 heavy (non-hydrogen) atoms. The van der Waals surface area contributed by atoms with E-state index in [1.54, 1.807) is 0 Å². The van der Waals surface area contributed by atoms with Crippen molar-refractivity contribution in [3.8, 4) is 0 Å². The molecule has 0 radical (unpaired) electrons. The molecule has 4 nitrogen and oxygen atoms in total. The highest BCUT2D eigenvalue weighted by Crippen LogP contribution is 2.11. The molecular formula is C21H36N2O2. The molecule has 0 aliphatic heterocycles. The van der Waals surface area contributed by atoms with Crippen LogP contribution in [-0.4, -0.2) is 43.7 Å². The van der Waals surface area contributed by atoms with E-state index in [2.05, 4.69) is 31.0 Å². The maximum absolute atomic E-state index is 12.2. The van der Waals surface area contributed by atoms with Crippen LogP contribution in [0.1, 0.15) is 69.7 Å². The number of nitrogens with zero attached hydrogens (tertiary/aromatic N) is 1. The van der Waals surface area contributed by atoms with Crippen molar-refractivity contribution in [2.45, 2.75) is 59.3 Å². The number of anilines is 1. The molecular weight excluding hydrogens is 312 g/mol. The number of rotatable bonds is 14. The number of benzene rings is 1. The average Bonchev–Trinajstić information content (AvgIpc) is 2.64. The minimum atomic E-state index is -0.231. The van der Waals surface area contributed by atoms with Crippen LogP contribution in [0.2, 0.25) is 0 Å². The second kappa shape index (κ2) is 13.7. The van der Waals surface area contributed by atoms with Crippen LogP contribution < -0.4 is 5.32 Å². The van der Waals surface area contributed by atoms with Gasteiger partial charge in [-0.15, -0.1) is 0 Å². The monoisotopic (exact) mass is 348 g/mol. The molecule has 0 unspecified atom stereocenters. The lowest BCUT2D eigenvalue weighted by molar-refractivity contribution is 0.0460. The van der Waals surface area contributed by atoms with Gasteiger partial charge in [-0.1, -0.05) is 40.0 Å². The topological polar surface area (TPSA) is 41.6 Å². The molecule has 1 rings (SSSR count). The summed E-state index contributed by atoms with van der Waals surface area (Å²) in [5.74, 6) is -0.231. The molecule has 0 saturated carbocycles. The van der Waals surface area contributed by atoms with Gasteiger partial charge in [0.1, 0.15) is 6.61 Å². The molecule has 0 heterocycles. The zero-order valence-corrected chi connectivity index (χ0v) is 16.4. The van der Waals surface area contributed by atoms with Crippen molar-refractivity contribution in [2.75, 3.05) is 38.1 Å². The standard InChI is InChI=1S/C21H36N2O2/c1-4-7-14-22-20-12-10-19(11-13-20)21(24)25-18-17-23(15-8-5-2)16-9-6-3/h10-13,22H,4-9,14-18H2,1-3H3. The van der Waals surface area contributed by atoms with Crippen LogP contribution in [-0.2, 0) is 4.74 Å². The van der Waals surface area contributed by atoms with Crippen LogP contribution in [0, 0.1) is 0 Å². The van der Waals surface area contributed by atoms with Gasteiger partial charge in [0.25, 0.3) is 0 Å². The van der Waals surface area contributed by atoms with Crippen molar-refractivity contribution >= 4 is 11.7 Å². The maximum atomic E-state index is 12.2. The smallest absolute Gasteiger partial charge is 0.338 e. The maximum Gasteiger partial charge on any atom is 0.338 e. The number of carbonyl (C=O) groups excluding carboxylic acids is 1. The predicted molar refractivity (Wildman–Crippen MR) is 106 cm³/mol. The molecule has 0 aliphatic rings. The Morgan fingerprint density at radius 3 is 2.08 bits per heavy atom. The Morgan fingerprint density at radius 2 is 1.52 bits per heavy atom. The van der Waals surface area contributed by atoms with Crippen molar-refractivity contribution in [1.29, 1.82) is 0 Å². The van der Waals surface area contributed by atoms with Crippen molar-refractivity contribution in [2.24, 2.45) is 0 Å². The van der Waals surface area contributed by atoms with E-state index in [-0.39, 0.29) is 5.97 Å². The fourth-order valence-electron chi connectivity index (χ4n) is 2.58. The highest BCUT2D eigenvalue weighted by atomic mass is 16.5. The second-order valence-corrected chi connectivity index (χ2v) is 6.54. The summed E-state index contributed by atoms with van der Waals surface area (Å²) in [7, 11) is 0. The molecule has 142 valence electrons. The summed E-state index contributed by atoms with van der Waals surface area (Å²) < 4.78 is 5.46. The van der Waals surface area contributed by atoms with Crippen LogP contribution in [0.25, 0.3) is 0 Å². The molecule has 0 aliphatic carbocycles. The van der Waals surface area contributed by atoms with Crippen LogP contribution in [0.15, 0.2) is 24.3 Å². The number of nitrogens with one attached hydrogen (secondary N) is 1. The van der Waals surface area contributed by atoms with Crippen LogP contribution in [0.4, 0.5) is 5.69 Å². The summed E-state index contributed by atoms with van der Waals surface area (Å²) in [6.07, 6.45) is 7.11. The van der Waals surface area contributed by atoms with Gasteiger partial charge >= 0.3 is 5.97 Å². The van der Waals surface area contributed by atoms with Crippen LogP contribution in [0.5, 0.6) is 0 Å². The van der Waals surface area contributed by atoms with Gasteiger partial charge in [-0.3, -0.25) is 4.90 Å². The van der Waals surface area contributed by atoms with Gasteiger partial charge in [-0.05, 0) is 56.6 Å². The number of ether oxygens (including phenoxy) is 1. The fourth-order valence-corrected chi connectivity index (χ4v) is 2.58. The zero-order chi connectivity index (χ0) is 18.3. The van der Waals surface area contributed by atoms with Crippen molar-refractivity contribution in [3.05, 3.63) is 29.8 Å². The molecule has 0 bridgehead atoms. The first kappa shape index (κ1) is 21.5. The van der Waals surface area contributed by atoms with E-state index in [0.717, 1.165) is 38.3 Å². The highest BCUT2D eigenvalue weighted by molar-refractivity contribution is 5.89. The highest BCUT2D eigenvalue weighted by Gasteiger charge is 2.09. The van der Waals surface area contributed by atoms with E-state index < -0.39 is 0 Å². The largest absolute Gasteiger partial charge is 0.461 e. The lowest BCUT2D eigenvalue weighted by atomic mass is 10.2. The predicted octanol–water partition coefficient (Wildman–Crippen LogP) is 4.96. The second-order valence-electron chi connectivity index (χ2n) is 6.54. The number of hydrogen-bond donors (Lipinski definition) is 1. The normalized spacial score (nSPS) is 10.9. The van der Waals surface area contributed by atoms with Gasteiger partial charge in [0.05, 0.1) is 5.56 Å². The Balaban J connectivity index is 2.36. The minimum Gasteiger partial charge on any atom is -0.461 e. The third-order valence-electron chi connectivity index (χ3n) is 4.28. The first-order valence-corrected chi connectivity index (χ1v) is 9.94. The lowest BCUT2D eigenvalue weighted by Crippen LogP contribution is -2.30. The van der Waals surface area contributed by atoms with E-state index in [1.165, 1.54) is 32.1 Å². The first-order chi connectivity index (χ1) is 12.2. The van der Waals surface area contributed by atoms with Gasteiger partial charge in [-0.25, -0.2) is 4.79 Å². The fraction of sp³-hybridized carbons (Fsp3) is 0.667. The lowest BCUT2D eigenvalue weighted by Gasteiger charge is -2.21. The molecule has 0 atom stereocenters. The molecule has 1 N–H and O–H groups in total. The number of carbonyl (C=O) groups is 1. The van der Waals surface area contributed by atoms with E-state index in [9.17, 15) is 4.79 Å². The Labute approximate surface area is 153 Å². The Hall–Kier alpha value is -1.55. The van der Waals surface area contributed by atoms with Gasteiger partial charge in [0, 0.05) is 18.8 Å². The molecule has 0 aromatic heterocycles. The zero-order valence-electron chi connectivity index (χ0n) is 16.4. The SMILES string of the molecule is CCCCNc1ccc(C(=O)OCCN(CCCC)CCCC)cc1. The summed E-state index contributed by atoms with van der Waals surface area (Å²) in [5, 5.41) is 3.35. The third-order valence-corrected chi connectivity index (χ3v) is 4.28. The molecule has 0 amide bonds. The van der Waals surface area contributed by atoms with E-state index in [4.69, 9.17) is 4.74 Å². The van der Waals surface area contributed by atoms with Crippen molar-refractivity contribution in [1.82, 2.24) is 4.90 Å². The Morgan fingerprint density at radius 1 is 0.920 bits per heavy atom. The quantitative estimate of drug-likeness (QED) is 0.381. The molecule has 0 saturated heterocycles. The molecule has 1 aromatic carbocycles. The van der Waals surface area contributed by atoms with E-state index in [1.807, 2.05) is 24.3 Å². The number of unbranched alkanes of at least 4 members (excludes halogenated alkanes) is 3. The summed E-state index contributed by atoms with van der Waals surface area (Å²) in [6, 6.07) is 7.56. The summed E-state index contributed by atoms with van der Waals surface area (Å²) >= 11 is 0. The molecule has 0 spiro atoms. The van der Waals surface area contributed by atoms with Gasteiger partial charge in [0.2, 0.25) is 0 Å². The van der Waals surface area contributed by atoms with E-state index >= 15 is 0 Å². The van der Waals surface area contributed by atoms with Crippen molar-refractivity contribution < 1.29 is 9.53 Å². The number of hydrogen-bond acceptors (Lipinski definition) is 4. The average molecular weight is 349 g/mol. The molecule has 4 heteroatoms. The van der Waals surface area contributed by atoms with Gasteiger partial charge in [-0.2, -0.15) is 0 Å². The summed E-state index contributed by atoms with van der Waals surface area (Å²) in [4.78, 5) is 14.6. The van der Waals surface area contributed by atoms with E-state index in [0.29, 0.717) is 12.2 Å². The van der Waals surface area contributed by atoms with Crippen LogP contribution in [0.3, 0.4) is 0 Å². The Kier molecular flexibility index (Phi) is 11.8. The Bertz CT molecular complexity index is 451. The van der Waals surface area contributed by atoms with Crippen LogP contribution >= 0.6 is 0 Å². The minimum absolute atomic E-state index is 0.231. The summed E-state index contributed by atoms with van der Waals surface area (Å²) in [6.45, 7) is 11.0.